The van der Waals surface area contributed by atoms with E-state index in [0.717, 1.165) is 63.3 Å². The van der Waals surface area contributed by atoms with Crippen molar-refractivity contribution in [3.8, 4) is 0 Å². The monoisotopic (exact) mass is 404 g/mol. The molecular weight excluding hydrogens is 364 g/mol. The van der Waals surface area contributed by atoms with Crippen molar-refractivity contribution in [2.45, 2.75) is 58.3 Å². The minimum absolute atomic E-state index is 0.0785. The molecule has 0 bridgehead atoms. The van der Waals surface area contributed by atoms with Gasteiger partial charge >= 0.3 is 0 Å². The number of rotatable bonds is 9. The maximum absolute atomic E-state index is 11.9. The first-order valence-electron chi connectivity index (χ1n) is 10.8. The smallest absolute Gasteiger partial charge is 0.229 e. The number of hydrogen-bond donors (Lipinski definition) is 3. The Hall–Kier alpha value is -2.05. The molecule has 29 heavy (non-hydrogen) atoms. The molecule has 0 aromatic rings. The number of ether oxygens (including phenoxy) is 1. The Morgan fingerprint density at radius 2 is 1.97 bits per heavy atom. The Labute approximate surface area is 176 Å². The zero-order valence-electron chi connectivity index (χ0n) is 18.3. The van der Waals surface area contributed by atoms with E-state index >= 15 is 0 Å². The van der Waals surface area contributed by atoms with Crippen LogP contribution in [0.15, 0.2) is 47.5 Å². The molecule has 1 fully saturated rings. The van der Waals surface area contributed by atoms with E-state index in [2.05, 4.69) is 30.3 Å². The van der Waals surface area contributed by atoms with Crippen LogP contribution in [0.1, 0.15) is 58.3 Å². The average Bonchev–Trinajstić information content (AvgIpc) is 2.71. The summed E-state index contributed by atoms with van der Waals surface area (Å²) in [6.45, 7) is 6.21. The fourth-order valence-corrected chi connectivity index (χ4v) is 2.94. The Morgan fingerprint density at radius 1 is 1.21 bits per heavy atom. The molecule has 1 aliphatic carbocycles. The number of unbranched alkanes of at least 4 members (excludes halogenated alkanes) is 3. The molecule has 0 unspecified atom stereocenters. The van der Waals surface area contributed by atoms with Gasteiger partial charge in [0.05, 0.1) is 13.2 Å². The molecule has 2 aliphatic rings. The predicted octanol–water partition coefficient (Wildman–Crippen LogP) is 3.33. The summed E-state index contributed by atoms with van der Waals surface area (Å²) in [5.41, 5.74) is 13.7. The van der Waals surface area contributed by atoms with Crippen LogP contribution < -0.4 is 16.8 Å². The summed E-state index contributed by atoms with van der Waals surface area (Å²) in [4.78, 5) is 14.1. The van der Waals surface area contributed by atoms with Gasteiger partial charge in [-0.05, 0) is 44.9 Å². The second kappa shape index (κ2) is 15.8. The molecule has 2 rings (SSSR count). The van der Waals surface area contributed by atoms with E-state index in [1.165, 1.54) is 19.3 Å². The maximum Gasteiger partial charge on any atom is 0.229 e. The zero-order chi connectivity index (χ0) is 21.3. The van der Waals surface area contributed by atoms with E-state index in [-0.39, 0.29) is 5.91 Å². The Bertz CT molecular complexity index is 588. The van der Waals surface area contributed by atoms with E-state index in [1.807, 2.05) is 12.2 Å². The first kappa shape index (κ1) is 25.0. The van der Waals surface area contributed by atoms with Crippen molar-refractivity contribution in [3.63, 3.8) is 0 Å². The Morgan fingerprint density at radius 3 is 2.55 bits per heavy atom. The van der Waals surface area contributed by atoms with E-state index in [1.54, 1.807) is 12.2 Å². The number of carbonyl (C=O) groups excluding carboxylic acids is 1. The number of nitrogens with two attached hydrogens (primary N) is 2. The van der Waals surface area contributed by atoms with Crippen LogP contribution in [0.2, 0.25) is 0 Å². The first-order chi connectivity index (χ1) is 14.0. The van der Waals surface area contributed by atoms with Gasteiger partial charge in [0.2, 0.25) is 5.91 Å². The third-order valence-corrected chi connectivity index (χ3v) is 4.80. The molecule has 0 radical (unpaired) electrons. The van der Waals surface area contributed by atoms with Crippen LogP contribution in [0, 0.1) is 0 Å². The highest BCUT2D eigenvalue weighted by Gasteiger charge is 2.07. The number of amides is 1. The number of nitrogens with zero attached hydrogens (tertiary/aromatic N) is 1. The molecule has 5 N–H and O–H groups in total. The number of hydrogen-bond acceptors (Lipinski definition) is 5. The number of carbonyl (C=O) groups is 1. The summed E-state index contributed by atoms with van der Waals surface area (Å²) in [7, 11) is 2.11. The molecule has 1 saturated heterocycles. The number of likely N-dealkylation sites (N-methyl/N-ethyl adjacent to an activating group) is 1. The van der Waals surface area contributed by atoms with Crippen molar-refractivity contribution in [2.75, 3.05) is 33.4 Å². The van der Waals surface area contributed by atoms with Gasteiger partial charge in [-0.2, -0.15) is 0 Å². The van der Waals surface area contributed by atoms with Crippen molar-refractivity contribution in [1.82, 2.24) is 10.2 Å². The molecule has 0 saturated carbocycles. The van der Waals surface area contributed by atoms with Gasteiger partial charge in [0.15, 0.2) is 0 Å². The molecule has 1 aliphatic heterocycles. The van der Waals surface area contributed by atoms with Crippen LogP contribution >= 0.6 is 0 Å². The lowest BCUT2D eigenvalue weighted by Crippen LogP contribution is -2.32. The Kier molecular flexibility index (Phi) is 13.6. The largest absolute Gasteiger partial charge is 0.402 e. The summed E-state index contributed by atoms with van der Waals surface area (Å²) >= 11 is 0. The van der Waals surface area contributed by atoms with E-state index in [0.29, 0.717) is 12.2 Å². The second-order valence-electron chi connectivity index (χ2n) is 7.61. The summed E-state index contributed by atoms with van der Waals surface area (Å²) in [6, 6.07) is 0. The van der Waals surface area contributed by atoms with Gasteiger partial charge in [-0.3, -0.25) is 4.79 Å². The zero-order valence-corrected chi connectivity index (χ0v) is 18.3. The lowest BCUT2D eigenvalue weighted by molar-refractivity contribution is -0.119. The normalized spacial score (nSPS) is 17.9. The van der Waals surface area contributed by atoms with Gasteiger partial charge in [-0.15, -0.1) is 0 Å². The molecule has 164 valence electrons. The third kappa shape index (κ3) is 13.7. The molecule has 6 heteroatoms. The van der Waals surface area contributed by atoms with Gasteiger partial charge in [0, 0.05) is 25.2 Å². The quantitative estimate of drug-likeness (QED) is 0.405. The molecule has 1 amide bonds. The summed E-state index contributed by atoms with van der Waals surface area (Å²) in [5.74, 6) is 0.263. The van der Waals surface area contributed by atoms with Gasteiger partial charge < -0.3 is 26.4 Å². The van der Waals surface area contributed by atoms with E-state index in [4.69, 9.17) is 16.2 Å². The first-order valence-corrected chi connectivity index (χ1v) is 10.8. The van der Waals surface area contributed by atoms with Crippen molar-refractivity contribution < 1.29 is 9.53 Å². The standard InChI is InChI=1S/C18H29N3O.C5H11NO/c1-2-3-4-8-11-16(19)12-13-17(20)21-18(22)14-15-9-6-5-7-10-15;1-6-2-4-7-5-3-6/h5-6,9,12-13H,2-4,7-8,10-11,14,19-20H2,1H3,(H,21,22);2-5H2,1H3/b16-12-,17-13+;. The molecule has 0 spiro atoms. The topological polar surface area (TPSA) is 93.6 Å². The van der Waals surface area contributed by atoms with Crippen LogP contribution in [0.5, 0.6) is 0 Å². The minimum Gasteiger partial charge on any atom is -0.402 e. The van der Waals surface area contributed by atoms with Crippen molar-refractivity contribution in [2.24, 2.45) is 11.5 Å². The molecule has 0 atom stereocenters. The summed E-state index contributed by atoms with van der Waals surface area (Å²) in [5, 5.41) is 2.69. The SMILES string of the molecule is CCCCCC/C(N)=C/C=C(\N)NC(=O)CC1=CC=CCC1.CN1CCOCC1. The maximum atomic E-state index is 11.9. The van der Waals surface area contributed by atoms with Crippen LogP contribution in [0.25, 0.3) is 0 Å². The fourth-order valence-electron chi connectivity index (χ4n) is 2.94. The third-order valence-electron chi connectivity index (χ3n) is 4.80. The van der Waals surface area contributed by atoms with Gasteiger partial charge in [0.25, 0.3) is 0 Å². The molecular formula is C23H40N4O2. The highest BCUT2D eigenvalue weighted by molar-refractivity contribution is 5.80. The molecule has 1 heterocycles. The molecule has 0 aromatic heterocycles. The minimum atomic E-state index is -0.0785. The van der Waals surface area contributed by atoms with Crippen LogP contribution in [-0.2, 0) is 9.53 Å². The van der Waals surface area contributed by atoms with Gasteiger partial charge in [-0.1, -0.05) is 50.0 Å². The highest BCUT2D eigenvalue weighted by atomic mass is 16.5. The number of allylic oxidation sites excluding steroid dienone is 6. The number of nitrogens with one attached hydrogen (secondary N) is 1. The summed E-state index contributed by atoms with van der Waals surface area (Å²) in [6.07, 6.45) is 17.5. The fraction of sp³-hybridized carbons (Fsp3) is 0.609. The van der Waals surface area contributed by atoms with Crippen molar-refractivity contribution in [1.29, 1.82) is 0 Å². The lowest BCUT2D eigenvalue weighted by Gasteiger charge is -2.21. The van der Waals surface area contributed by atoms with Crippen molar-refractivity contribution in [3.05, 3.63) is 47.5 Å². The lowest BCUT2D eigenvalue weighted by atomic mass is 10.0. The van der Waals surface area contributed by atoms with E-state index < -0.39 is 0 Å². The van der Waals surface area contributed by atoms with E-state index in [9.17, 15) is 4.79 Å². The average molecular weight is 405 g/mol. The van der Waals surface area contributed by atoms with Gasteiger partial charge in [-0.25, -0.2) is 0 Å². The van der Waals surface area contributed by atoms with Crippen LogP contribution in [-0.4, -0.2) is 44.2 Å². The Balaban J connectivity index is 0.000000502. The predicted molar refractivity (Wildman–Crippen MR) is 121 cm³/mol. The molecule has 0 aromatic carbocycles. The van der Waals surface area contributed by atoms with Crippen LogP contribution in [0.3, 0.4) is 0 Å². The van der Waals surface area contributed by atoms with Crippen molar-refractivity contribution >= 4 is 5.91 Å². The van der Waals surface area contributed by atoms with Gasteiger partial charge in [0.1, 0.15) is 5.82 Å². The summed E-state index contributed by atoms with van der Waals surface area (Å²) < 4.78 is 5.10. The highest BCUT2D eigenvalue weighted by Crippen LogP contribution is 2.15. The number of morpholine rings is 1. The second-order valence-corrected chi connectivity index (χ2v) is 7.61. The van der Waals surface area contributed by atoms with Crippen LogP contribution in [0.4, 0.5) is 0 Å². The molecule has 6 nitrogen and oxygen atoms in total.